The van der Waals surface area contributed by atoms with Gasteiger partial charge in [-0.25, -0.2) is 4.79 Å². The molecule has 64 valence electrons. The lowest BCUT2D eigenvalue weighted by molar-refractivity contribution is -0.165. The average molecular weight is 168 g/mol. The summed E-state index contributed by atoms with van der Waals surface area (Å²) in [6.07, 6.45) is 2.36. The predicted octanol–water partition coefficient (Wildman–Crippen LogP) is 0.220. The van der Waals surface area contributed by atoms with Gasteiger partial charge in [-0.3, -0.25) is 4.79 Å². The normalized spacial score (nSPS) is 21.8. The van der Waals surface area contributed by atoms with Gasteiger partial charge in [0.05, 0.1) is 12.2 Å². The first kappa shape index (κ1) is 8.71. The summed E-state index contributed by atoms with van der Waals surface area (Å²) in [5, 5.41) is 0. The first-order chi connectivity index (χ1) is 5.72. The van der Waals surface area contributed by atoms with Crippen molar-refractivity contribution in [1.82, 2.24) is 0 Å². The molecule has 1 heterocycles. The van der Waals surface area contributed by atoms with Gasteiger partial charge in [-0.1, -0.05) is 0 Å². The third kappa shape index (κ3) is 2.34. The van der Waals surface area contributed by atoms with Crippen molar-refractivity contribution in [3.8, 4) is 0 Å². The molecule has 1 rings (SSSR count). The summed E-state index contributed by atoms with van der Waals surface area (Å²) >= 11 is 0. The van der Waals surface area contributed by atoms with E-state index in [0.717, 1.165) is 0 Å². The topological polar surface area (TPSA) is 52.6 Å². The van der Waals surface area contributed by atoms with Crippen LogP contribution in [0.4, 0.5) is 0 Å². The molecule has 0 aromatic rings. The minimum absolute atomic E-state index is 0.137. The summed E-state index contributed by atoms with van der Waals surface area (Å²) in [4.78, 5) is 20.5. The molecule has 4 nitrogen and oxygen atoms in total. The molecule has 0 fully saturated rings. The third-order valence-electron chi connectivity index (χ3n) is 1.27. The number of carbonyl (C=O) groups is 1. The van der Waals surface area contributed by atoms with Gasteiger partial charge in [0.15, 0.2) is 0 Å². The summed E-state index contributed by atoms with van der Waals surface area (Å²) in [6, 6.07) is 0. The van der Waals surface area contributed by atoms with Crippen LogP contribution in [-0.4, -0.2) is 24.8 Å². The number of carbonyl (C=O) groups excluding carboxylic acids is 2. The Bertz CT molecular complexity index is 260. The van der Waals surface area contributed by atoms with Crippen LogP contribution in [0, 0.1) is 0 Å². The molecule has 1 unspecified atom stereocenters. The molecule has 0 amide bonds. The lowest BCUT2D eigenvalue weighted by atomic mass is 10.2. The monoisotopic (exact) mass is 168 g/mol. The van der Waals surface area contributed by atoms with E-state index >= 15 is 0 Å². The van der Waals surface area contributed by atoms with E-state index in [0.29, 0.717) is 5.57 Å². The van der Waals surface area contributed by atoms with Crippen LogP contribution in [0.3, 0.4) is 0 Å². The minimum atomic E-state index is -0.667. The van der Waals surface area contributed by atoms with E-state index < -0.39 is 12.3 Å². The van der Waals surface area contributed by atoms with E-state index in [1.165, 1.54) is 19.1 Å². The number of esters is 1. The Hall–Kier alpha value is -1.38. The SMILES string of the molecule is CC(=O)OC1C=CC(=C=O)CO1. The molecule has 1 aliphatic heterocycles. The van der Waals surface area contributed by atoms with Crippen molar-refractivity contribution in [1.29, 1.82) is 0 Å². The highest BCUT2D eigenvalue weighted by atomic mass is 16.7. The van der Waals surface area contributed by atoms with Crippen LogP contribution in [0.15, 0.2) is 17.7 Å². The highest BCUT2D eigenvalue weighted by Crippen LogP contribution is 2.08. The summed E-state index contributed by atoms with van der Waals surface area (Å²) in [6.45, 7) is 1.43. The van der Waals surface area contributed by atoms with Crippen LogP contribution in [0.2, 0.25) is 0 Å². The van der Waals surface area contributed by atoms with Crippen molar-refractivity contribution < 1.29 is 19.1 Å². The van der Waals surface area contributed by atoms with Gasteiger partial charge in [0.25, 0.3) is 0 Å². The van der Waals surface area contributed by atoms with Crippen LogP contribution in [-0.2, 0) is 19.1 Å². The molecule has 0 spiro atoms. The standard InChI is InChI=1S/C8H8O4/c1-6(10)12-8-3-2-7(4-9)5-11-8/h2-3,8H,5H2,1H3. The molecular weight excluding hydrogens is 160 g/mol. The second-order valence-corrected chi connectivity index (χ2v) is 2.28. The van der Waals surface area contributed by atoms with Crippen molar-refractivity contribution in [3.63, 3.8) is 0 Å². The fourth-order valence-electron chi connectivity index (χ4n) is 0.771. The van der Waals surface area contributed by atoms with Gasteiger partial charge in [0, 0.05) is 6.92 Å². The lowest BCUT2D eigenvalue weighted by Crippen LogP contribution is -2.21. The fraction of sp³-hybridized carbons (Fsp3) is 0.375. The number of hydrogen-bond donors (Lipinski definition) is 0. The van der Waals surface area contributed by atoms with E-state index in [1.807, 2.05) is 0 Å². The number of rotatable bonds is 1. The maximum atomic E-state index is 10.4. The van der Waals surface area contributed by atoms with Gasteiger partial charge in [0.2, 0.25) is 6.29 Å². The van der Waals surface area contributed by atoms with Gasteiger partial charge in [-0.2, -0.15) is 0 Å². The molecule has 0 bridgehead atoms. The van der Waals surface area contributed by atoms with Crippen LogP contribution < -0.4 is 0 Å². The van der Waals surface area contributed by atoms with Crippen LogP contribution in [0.5, 0.6) is 0 Å². The van der Waals surface area contributed by atoms with E-state index in [4.69, 9.17) is 9.47 Å². The highest BCUT2D eigenvalue weighted by Gasteiger charge is 2.13. The Kier molecular flexibility index (Phi) is 2.80. The smallest absolute Gasteiger partial charge is 0.305 e. The molecule has 0 saturated heterocycles. The van der Waals surface area contributed by atoms with E-state index in [9.17, 15) is 9.59 Å². The lowest BCUT2D eigenvalue weighted by Gasteiger charge is -2.16. The Balaban J connectivity index is 2.54. The summed E-state index contributed by atoms with van der Waals surface area (Å²) in [5.41, 5.74) is 0.415. The Morgan fingerprint density at radius 3 is 3.00 bits per heavy atom. The zero-order chi connectivity index (χ0) is 8.97. The Labute approximate surface area is 69.5 Å². The zero-order valence-corrected chi connectivity index (χ0v) is 6.57. The van der Waals surface area contributed by atoms with Crippen LogP contribution in [0.25, 0.3) is 0 Å². The van der Waals surface area contributed by atoms with Crippen LogP contribution >= 0.6 is 0 Å². The van der Waals surface area contributed by atoms with Gasteiger partial charge in [-0.05, 0) is 12.2 Å². The molecule has 0 radical (unpaired) electrons. The van der Waals surface area contributed by atoms with Crippen molar-refractivity contribution in [2.75, 3.05) is 6.61 Å². The second kappa shape index (κ2) is 3.85. The molecular formula is C8H8O4. The molecule has 12 heavy (non-hydrogen) atoms. The Morgan fingerprint density at radius 1 is 1.83 bits per heavy atom. The quantitative estimate of drug-likeness (QED) is 0.415. The highest BCUT2D eigenvalue weighted by molar-refractivity contribution is 5.66. The Morgan fingerprint density at radius 2 is 2.58 bits per heavy atom. The maximum Gasteiger partial charge on any atom is 0.305 e. The molecule has 0 aromatic heterocycles. The molecule has 0 aliphatic carbocycles. The van der Waals surface area contributed by atoms with E-state index in [1.54, 1.807) is 5.94 Å². The van der Waals surface area contributed by atoms with Gasteiger partial charge >= 0.3 is 5.97 Å². The average Bonchev–Trinajstić information content (AvgIpc) is 2.05. The van der Waals surface area contributed by atoms with Crippen molar-refractivity contribution >= 4 is 11.9 Å². The third-order valence-corrected chi connectivity index (χ3v) is 1.27. The molecule has 0 N–H and O–H groups in total. The maximum absolute atomic E-state index is 10.4. The van der Waals surface area contributed by atoms with Crippen molar-refractivity contribution in [2.24, 2.45) is 0 Å². The molecule has 1 aliphatic rings. The van der Waals surface area contributed by atoms with E-state index in [-0.39, 0.29) is 6.61 Å². The van der Waals surface area contributed by atoms with Gasteiger partial charge in [0.1, 0.15) is 5.94 Å². The summed E-state index contributed by atoms with van der Waals surface area (Å²) in [7, 11) is 0. The summed E-state index contributed by atoms with van der Waals surface area (Å²) in [5.74, 6) is 1.28. The van der Waals surface area contributed by atoms with Gasteiger partial charge in [-0.15, -0.1) is 0 Å². The first-order valence-electron chi connectivity index (χ1n) is 3.43. The zero-order valence-electron chi connectivity index (χ0n) is 6.57. The molecule has 0 saturated carbocycles. The molecule has 0 aromatic carbocycles. The minimum Gasteiger partial charge on any atom is -0.432 e. The molecule has 4 heteroatoms. The predicted molar refractivity (Wildman–Crippen MR) is 39.9 cm³/mol. The molecule has 1 atom stereocenters. The van der Waals surface area contributed by atoms with Crippen molar-refractivity contribution in [2.45, 2.75) is 13.2 Å². The largest absolute Gasteiger partial charge is 0.432 e. The fourth-order valence-corrected chi connectivity index (χ4v) is 0.771. The van der Waals surface area contributed by atoms with Gasteiger partial charge < -0.3 is 9.47 Å². The van der Waals surface area contributed by atoms with Crippen molar-refractivity contribution in [3.05, 3.63) is 17.7 Å². The second-order valence-electron chi connectivity index (χ2n) is 2.28. The first-order valence-corrected chi connectivity index (χ1v) is 3.43. The van der Waals surface area contributed by atoms with E-state index in [2.05, 4.69) is 0 Å². The summed E-state index contributed by atoms with van der Waals surface area (Å²) < 4.78 is 9.66. The van der Waals surface area contributed by atoms with Crippen LogP contribution in [0.1, 0.15) is 6.92 Å². The number of ether oxygens (including phenoxy) is 2. The number of hydrogen-bond acceptors (Lipinski definition) is 4.